The van der Waals surface area contributed by atoms with Crippen LogP contribution in [0.5, 0.6) is 11.9 Å². The van der Waals surface area contributed by atoms with E-state index in [1.807, 2.05) is 12.1 Å². The predicted octanol–water partition coefficient (Wildman–Crippen LogP) is 3.22. The molecule has 6 nitrogen and oxygen atoms in total. The third-order valence-electron chi connectivity index (χ3n) is 4.06. The highest BCUT2D eigenvalue weighted by atomic mass is 35.5. The quantitative estimate of drug-likeness (QED) is 0.753. The molecule has 0 saturated carbocycles. The van der Waals surface area contributed by atoms with Crippen molar-refractivity contribution in [2.24, 2.45) is 0 Å². The fourth-order valence-corrected chi connectivity index (χ4v) is 2.87. The minimum atomic E-state index is -0.101. The van der Waals surface area contributed by atoms with Crippen LogP contribution in [0.4, 0.5) is 0 Å². The van der Waals surface area contributed by atoms with E-state index in [9.17, 15) is 4.79 Å². The Kier molecular flexibility index (Phi) is 6.07. The molecule has 2 aromatic rings. The molecular formula is C19H20ClN3O3. The van der Waals surface area contributed by atoms with Crippen LogP contribution in [0.2, 0.25) is 5.02 Å². The fourth-order valence-electron chi connectivity index (χ4n) is 2.74. The van der Waals surface area contributed by atoms with Crippen molar-refractivity contribution in [2.45, 2.75) is 18.9 Å². The molecular weight excluding hydrogens is 354 g/mol. The Labute approximate surface area is 157 Å². The van der Waals surface area contributed by atoms with Crippen molar-refractivity contribution in [3.8, 4) is 11.9 Å². The Morgan fingerprint density at radius 3 is 2.88 bits per heavy atom. The molecule has 1 amide bonds. The second-order valence-electron chi connectivity index (χ2n) is 5.93. The van der Waals surface area contributed by atoms with Crippen molar-refractivity contribution in [1.29, 1.82) is 0 Å². The molecule has 0 radical (unpaired) electrons. The number of rotatable bonds is 5. The van der Waals surface area contributed by atoms with Gasteiger partial charge in [-0.15, -0.1) is 0 Å². The van der Waals surface area contributed by atoms with Crippen LogP contribution >= 0.6 is 11.6 Å². The van der Waals surface area contributed by atoms with Crippen molar-refractivity contribution >= 4 is 23.6 Å². The Bertz CT molecular complexity index is 780. The number of hydrogen-bond donors (Lipinski definition) is 0. The van der Waals surface area contributed by atoms with Crippen LogP contribution in [0.25, 0.3) is 6.08 Å². The van der Waals surface area contributed by atoms with Gasteiger partial charge in [-0.3, -0.25) is 4.79 Å². The molecule has 0 spiro atoms. The summed E-state index contributed by atoms with van der Waals surface area (Å²) < 4.78 is 10.9. The summed E-state index contributed by atoms with van der Waals surface area (Å²) in [6, 6.07) is 9.29. The first-order valence-electron chi connectivity index (χ1n) is 8.40. The number of benzene rings is 1. The molecule has 1 saturated heterocycles. The van der Waals surface area contributed by atoms with Crippen LogP contribution in [0.15, 0.2) is 42.6 Å². The lowest BCUT2D eigenvalue weighted by atomic mass is 10.1. The van der Waals surface area contributed by atoms with Crippen LogP contribution in [0.1, 0.15) is 18.4 Å². The number of ether oxygens (including phenoxy) is 2. The number of likely N-dealkylation sites (tertiary alicyclic amines) is 1. The number of nitrogens with zero attached hydrogens (tertiary/aromatic N) is 3. The SMILES string of the molecule is COc1nccc(OC2CCCN(C(=O)/C=C/c3ccc(Cl)cc3)C2)n1. The summed E-state index contributed by atoms with van der Waals surface area (Å²) >= 11 is 5.87. The van der Waals surface area contributed by atoms with Gasteiger partial charge in [-0.2, -0.15) is 4.98 Å². The van der Waals surface area contributed by atoms with E-state index in [0.717, 1.165) is 24.9 Å². The zero-order chi connectivity index (χ0) is 18.4. The number of amides is 1. The second kappa shape index (κ2) is 8.67. The summed E-state index contributed by atoms with van der Waals surface area (Å²) in [5.41, 5.74) is 0.931. The van der Waals surface area contributed by atoms with Gasteiger partial charge in [0, 0.05) is 29.9 Å². The van der Waals surface area contributed by atoms with Gasteiger partial charge in [-0.05, 0) is 36.6 Å². The molecule has 1 fully saturated rings. The van der Waals surface area contributed by atoms with Crippen LogP contribution in [0.3, 0.4) is 0 Å². The van der Waals surface area contributed by atoms with E-state index < -0.39 is 0 Å². The first-order chi connectivity index (χ1) is 12.6. The van der Waals surface area contributed by atoms with Crippen molar-refractivity contribution in [3.05, 3.63) is 53.2 Å². The predicted molar refractivity (Wildman–Crippen MR) is 99.3 cm³/mol. The number of methoxy groups -OCH3 is 1. The molecule has 3 rings (SSSR count). The monoisotopic (exact) mass is 373 g/mol. The van der Waals surface area contributed by atoms with Crippen LogP contribution in [0, 0.1) is 0 Å². The first-order valence-corrected chi connectivity index (χ1v) is 8.78. The van der Waals surface area contributed by atoms with Gasteiger partial charge in [-0.1, -0.05) is 23.7 Å². The van der Waals surface area contributed by atoms with Gasteiger partial charge in [-0.25, -0.2) is 4.98 Å². The standard InChI is InChI=1S/C19H20ClN3O3/c1-25-19-21-11-10-17(22-19)26-16-3-2-12-23(13-16)18(24)9-6-14-4-7-15(20)8-5-14/h4-11,16H,2-3,12-13H2,1H3/b9-6+. The highest BCUT2D eigenvalue weighted by molar-refractivity contribution is 6.30. The van der Waals surface area contributed by atoms with Gasteiger partial charge in [0.25, 0.3) is 0 Å². The lowest BCUT2D eigenvalue weighted by molar-refractivity contribution is -0.128. The van der Waals surface area contributed by atoms with Crippen molar-refractivity contribution in [2.75, 3.05) is 20.2 Å². The van der Waals surface area contributed by atoms with Gasteiger partial charge in [0.2, 0.25) is 11.8 Å². The van der Waals surface area contributed by atoms with Crippen LogP contribution in [-0.4, -0.2) is 47.1 Å². The molecule has 0 bridgehead atoms. The number of halogens is 1. The smallest absolute Gasteiger partial charge is 0.319 e. The maximum atomic E-state index is 12.4. The number of hydrogen-bond acceptors (Lipinski definition) is 5. The molecule has 1 unspecified atom stereocenters. The van der Waals surface area contributed by atoms with E-state index in [1.165, 1.54) is 7.11 Å². The van der Waals surface area contributed by atoms with Gasteiger partial charge < -0.3 is 14.4 Å². The van der Waals surface area contributed by atoms with E-state index in [0.29, 0.717) is 17.4 Å². The van der Waals surface area contributed by atoms with E-state index in [2.05, 4.69) is 9.97 Å². The van der Waals surface area contributed by atoms with Gasteiger partial charge in [0.1, 0.15) is 6.10 Å². The summed E-state index contributed by atoms with van der Waals surface area (Å²) in [6.45, 7) is 1.24. The normalized spacial score (nSPS) is 17.3. The van der Waals surface area contributed by atoms with Gasteiger partial charge >= 0.3 is 6.01 Å². The number of aromatic nitrogens is 2. The first kappa shape index (κ1) is 18.2. The summed E-state index contributed by atoms with van der Waals surface area (Å²) in [7, 11) is 1.51. The molecule has 2 heterocycles. The van der Waals surface area contributed by atoms with Gasteiger partial charge in [0.15, 0.2) is 0 Å². The zero-order valence-electron chi connectivity index (χ0n) is 14.5. The average molecular weight is 374 g/mol. The highest BCUT2D eigenvalue weighted by Gasteiger charge is 2.24. The summed E-state index contributed by atoms with van der Waals surface area (Å²) in [5, 5.41) is 0.672. The fraction of sp³-hybridized carbons (Fsp3) is 0.316. The molecule has 7 heteroatoms. The molecule has 136 valence electrons. The van der Waals surface area contributed by atoms with E-state index in [-0.39, 0.29) is 18.0 Å². The van der Waals surface area contributed by atoms with E-state index >= 15 is 0 Å². The van der Waals surface area contributed by atoms with Crippen molar-refractivity contribution in [1.82, 2.24) is 14.9 Å². The minimum absolute atomic E-state index is 0.0338. The molecule has 0 aliphatic carbocycles. The third kappa shape index (κ3) is 4.95. The summed E-state index contributed by atoms with van der Waals surface area (Å²) in [5.74, 6) is 0.418. The highest BCUT2D eigenvalue weighted by Crippen LogP contribution is 2.18. The molecule has 1 aromatic heterocycles. The summed E-state index contributed by atoms with van der Waals surface area (Å²) in [4.78, 5) is 22.4. The van der Waals surface area contributed by atoms with Crippen molar-refractivity contribution in [3.63, 3.8) is 0 Å². The number of piperidine rings is 1. The minimum Gasteiger partial charge on any atom is -0.472 e. The number of carbonyl (C=O) groups excluding carboxylic acids is 1. The molecule has 0 N–H and O–H groups in total. The second-order valence-corrected chi connectivity index (χ2v) is 6.37. The van der Waals surface area contributed by atoms with Crippen LogP contribution in [-0.2, 0) is 4.79 Å². The molecule has 1 aliphatic rings. The molecule has 1 aromatic carbocycles. The molecule has 1 atom stereocenters. The van der Waals surface area contributed by atoms with E-state index in [4.69, 9.17) is 21.1 Å². The average Bonchev–Trinajstić information content (AvgIpc) is 2.67. The Balaban J connectivity index is 1.58. The van der Waals surface area contributed by atoms with Crippen molar-refractivity contribution < 1.29 is 14.3 Å². The lowest BCUT2D eigenvalue weighted by Crippen LogP contribution is -2.43. The van der Waals surface area contributed by atoms with Gasteiger partial charge in [0.05, 0.1) is 13.7 Å². The molecule has 1 aliphatic heterocycles. The topological polar surface area (TPSA) is 64.6 Å². The molecule has 26 heavy (non-hydrogen) atoms. The zero-order valence-corrected chi connectivity index (χ0v) is 15.2. The summed E-state index contributed by atoms with van der Waals surface area (Å²) in [6.07, 6.45) is 6.61. The Hall–Kier alpha value is -2.60. The maximum Gasteiger partial charge on any atom is 0.319 e. The lowest BCUT2D eigenvalue weighted by Gasteiger charge is -2.32. The Morgan fingerprint density at radius 1 is 1.31 bits per heavy atom. The largest absolute Gasteiger partial charge is 0.472 e. The number of carbonyl (C=O) groups is 1. The third-order valence-corrected chi connectivity index (χ3v) is 4.31. The van der Waals surface area contributed by atoms with E-state index in [1.54, 1.807) is 41.4 Å². The maximum absolute atomic E-state index is 12.4. The Morgan fingerprint density at radius 2 is 2.12 bits per heavy atom. The van der Waals surface area contributed by atoms with Crippen LogP contribution < -0.4 is 9.47 Å².